The Labute approximate surface area is 225 Å². The van der Waals surface area contributed by atoms with Gasteiger partial charge >= 0.3 is 0 Å². The summed E-state index contributed by atoms with van der Waals surface area (Å²) in [4.78, 5) is 35.7. The standard InChI is InChI=1S/C17H18O2.C17H16O2/c2*1-13(18)16(19)17(2,14-9-5-3-6-10-14)15-11-7-4-8-12-15/h3-12,16,19H,1-2H3;3-12H,1-2H3. The smallest absolute Gasteiger partial charge is 0.212 e. The van der Waals surface area contributed by atoms with Crippen LogP contribution < -0.4 is 0 Å². The molecule has 0 aliphatic heterocycles. The maximum absolute atomic E-state index is 12.4. The van der Waals surface area contributed by atoms with Gasteiger partial charge in [-0.3, -0.25) is 14.4 Å². The van der Waals surface area contributed by atoms with E-state index in [1.54, 1.807) is 6.92 Å². The van der Waals surface area contributed by atoms with E-state index in [9.17, 15) is 19.5 Å². The number of carbonyl (C=O) groups excluding carboxylic acids is 3. The van der Waals surface area contributed by atoms with E-state index in [0.717, 1.165) is 22.3 Å². The van der Waals surface area contributed by atoms with Crippen molar-refractivity contribution in [1.82, 2.24) is 0 Å². The van der Waals surface area contributed by atoms with Crippen LogP contribution in [-0.4, -0.2) is 28.6 Å². The Morgan fingerprint density at radius 1 is 0.553 bits per heavy atom. The number of hydrogen-bond donors (Lipinski definition) is 1. The molecule has 4 aromatic carbocycles. The first-order valence-corrected chi connectivity index (χ1v) is 12.6. The first kappa shape index (κ1) is 28.4. The average molecular weight is 507 g/mol. The second-order valence-electron chi connectivity index (χ2n) is 9.69. The first-order chi connectivity index (χ1) is 18.1. The molecule has 0 radical (unpaired) electrons. The molecule has 0 aliphatic rings. The van der Waals surface area contributed by atoms with Crippen molar-refractivity contribution in [2.75, 3.05) is 0 Å². The highest BCUT2D eigenvalue weighted by Crippen LogP contribution is 2.36. The van der Waals surface area contributed by atoms with Gasteiger partial charge in [0.2, 0.25) is 5.78 Å². The lowest BCUT2D eigenvalue weighted by Crippen LogP contribution is -2.42. The highest BCUT2D eigenvalue weighted by molar-refractivity contribution is 6.40. The van der Waals surface area contributed by atoms with Crippen LogP contribution in [-0.2, 0) is 25.2 Å². The molecule has 38 heavy (non-hydrogen) atoms. The normalized spacial score (nSPS) is 12.0. The minimum atomic E-state index is -1.06. The van der Waals surface area contributed by atoms with Crippen molar-refractivity contribution in [2.45, 2.75) is 44.6 Å². The van der Waals surface area contributed by atoms with E-state index in [-0.39, 0.29) is 11.6 Å². The predicted molar refractivity (Wildman–Crippen MR) is 151 cm³/mol. The number of hydrogen-bond acceptors (Lipinski definition) is 4. The molecule has 1 unspecified atom stereocenters. The lowest BCUT2D eigenvalue weighted by atomic mass is 9.71. The highest BCUT2D eigenvalue weighted by Gasteiger charge is 2.40. The topological polar surface area (TPSA) is 71.4 Å². The molecule has 0 aromatic heterocycles. The molecular formula is C34H34O4. The molecule has 194 valence electrons. The molecule has 0 saturated carbocycles. The highest BCUT2D eigenvalue weighted by atomic mass is 16.3. The third kappa shape index (κ3) is 5.87. The summed E-state index contributed by atoms with van der Waals surface area (Å²) >= 11 is 0. The molecule has 4 nitrogen and oxygen atoms in total. The maximum Gasteiger partial charge on any atom is 0.212 e. The average Bonchev–Trinajstić information content (AvgIpc) is 2.97. The number of carbonyl (C=O) groups is 3. The summed E-state index contributed by atoms with van der Waals surface area (Å²) in [5, 5.41) is 10.4. The van der Waals surface area contributed by atoms with Crippen LogP contribution in [0.2, 0.25) is 0 Å². The van der Waals surface area contributed by atoms with Crippen LogP contribution in [0.25, 0.3) is 0 Å². The van der Waals surface area contributed by atoms with E-state index >= 15 is 0 Å². The molecule has 4 heteroatoms. The molecule has 0 spiro atoms. The molecule has 0 aliphatic carbocycles. The summed E-state index contributed by atoms with van der Waals surface area (Å²) < 4.78 is 0. The zero-order chi connectivity index (χ0) is 27.8. The van der Waals surface area contributed by atoms with E-state index < -0.39 is 22.7 Å². The zero-order valence-corrected chi connectivity index (χ0v) is 22.3. The largest absolute Gasteiger partial charge is 0.384 e. The molecule has 4 rings (SSSR count). The quantitative estimate of drug-likeness (QED) is 0.294. The van der Waals surface area contributed by atoms with Gasteiger partial charge < -0.3 is 5.11 Å². The van der Waals surface area contributed by atoms with Gasteiger partial charge in [0.25, 0.3) is 0 Å². The Bertz CT molecular complexity index is 1270. The minimum Gasteiger partial charge on any atom is -0.384 e. The second-order valence-corrected chi connectivity index (χ2v) is 9.69. The van der Waals surface area contributed by atoms with Gasteiger partial charge in [0.1, 0.15) is 6.10 Å². The molecular weight excluding hydrogens is 472 g/mol. The summed E-state index contributed by atoms with van der Waals surface area (Å²) in [5.41, 5.74) is 1.89. The molecule has 0 bridgehead atoms. The van der Waals surface area contributed by atoms with Gasteiger partial charge in [0.05, 0.1) is 10.8 Å². The second kappa shape index (κ2) is 12.4. The molecule has 0 heterocycles. The number of rotatable bonds is 8. The Morgan fingerprint density at radius 2 is 0.842 bits per heavy atom. The van der Waals surface area contributed by atoms with Gasteiger partial charge in [-0.2, -0.15) is 0 Å². The molecule has 0 saturated heterocycles. The van der Waals surface area contributed by atoms with Crippen LogP contribution in [0.3, 0.4) is 0 Å². The van der Waals surface area contributed by atoms with Crippen LogP contribution in [0.5, 0.6) is 0 Å². The zero-order valence-electron chi connectivity index (χ0n) is 22.3. The maximum atomic E-state index is 12.4. The molecule has 0 amide bonds. The number of aliphatic hydroxyl groups is 1. The van der Waals surface area contributed by atoms with Crippen molar-refractivity contribution in [2.24, 2.45) is 0 Å². The van der Waals surface area contributed by atoms with Gasteiger partial charge in [0.15, 0.2) is 11.6 Å². The van der Waals surface area contributed by atoms with Gasteiger partial charge in [-0.05, 0) is 43.0 Å². The third-order valence-corrected chi connectivity index (χ3v) is 7.16. The van der Waals surface area contributed by atoms with Crippen molar-refractivity contribution in [3.8, 4) is 0 Å². The number of ketones is 3. The van der Waals surface area contributed by atoms with Crippen molar-refractivity contribution in [3.63, 3.8) is 0 Å². The van der Waals surface area contributed by atoms with Crippen LogP contribution >= 0.6 is 0 Å². The van der Waals surface area contributed by atoms with Crippen molar-refractivity contribution in [1.29, 1.82) is 0 Å². The van der Waals surface area contributed by atoms with E-state index in [0.29, 0.717) is 0 Å². The Hall–Kier alpha value is -4.15. The van der Waals surface area contributed by atoms with Gasteiger partial charge in [0, 0.05) is 6.92 Å². The Balaban J connectivity index is 0.000000211. The third-order valence-electron chi connectivity index (χ3n) is 7.16. The Morgan fingerprint density at radius 3 is 1.11 bits per heavy atom. The molecule has 4 aromatic rings. The van der Waals surface area contributed by atoms with E-state index in [1.165, 1.54) is 13.8 Å². The summed E-state index contributed by atoms with van der Waals surface area (Å²) in [6.45, 7) is 6.46. The van der Waals surface area contributed by atoms with Crippen molar-refractivity contribution >= 4 is 17.3 Å². The fourth-order valence-corrected chi connectivity index (χ4v) is 4.78. The fourth-order valence-electron chi connectivity index (χ4n) is 4.78. The van der Waals surface area contributed by atoms with Crippen LogP contribution in [0, 0.1) is 0 Å². The molecule has 1 N–H and O–H groups in total. The van der Waals surface area contributed by atoms with Crippen LogP contribution in [0.15, 0.2) is 121 Å². The lowest BCUT2D eigenvalue weighted by Gasteiger charge is -2.34. The van der Waals surface area contributed by atoms with Gasteiger partial charge in [-0.25, -0.2) is 0 Å². The Kier molecular flexibility index (Phi) is 9.27. The first-order valence-electron chi connectivity index (χ1n) is 12.6. The molecule has 1 atom stereocenters. The summed E-state index contributed by atoms with van der Waals surface area (Å²) in [6.07, 6.45) is -1.06. The van der Waals surface area contributed by atoms with Gasteiger partial charge in [-0.1, -0.05) is 121 Å². The lowest BCUT2D eigenvalue weighted by molar-refractivity contribution is -0.137. The summed E-state index contributed by atoms with van der Waals surface area (Å²) in [7, 11) is 0. The van der Waals surface area contributed by atoms with E-state index in [2.05, 4.69) is 0 Å². The number of benzene rings is 4. The predicted octanol–water partition coefficient (Wildman–Crippen LogP) is 6.09. The SMILES string of the molecule is CC(=O)C(=O)C(C)(c1ccccc1)c1ccccc1.CC(=O)C(O)C(C)(c1ccccc1)c1ccccc1. The van der Waals surface area contributed by atoms with E-state index in [1.807, 2.05) is 128 Å². The number of Topliss-reactive ketones (excluding diaryl/α,β-unsaturated/α-hetero) is 3. The minimum absolute atomic E-state index is 0.227. The summed E-state index contributed by atoms with van der Waals surface area (Å²) in [5.74, 6) is -1.03. The summed E-state index contributed by atoms with van der Waals surface area (Å²) in [6, 6.07) is 38.1. The van der Waals surface area contributed by atoms with E-state index in [4.69, 9.17) is 0 Å². The monoisotopic (exact) mass is 506 g/mol. The fraction of sp³-hybridized carbons (Fsp3) is 0.206. The van der Waals surface area contributed by atoms with Gasteiger partial charge in [-0.15, -0.1) is 0 Å². The van der Waals surface area contributed by atoms with Crippen molar-refractivity contribution in [3.05, 3.63) is 144 Å². The van der Waals surface area contributed by atoms with Crippen molar-refractivity contribution < 1.29 is 19.5 Å². The van der Waals surface area contributed by atoms with Crippen LogP contribution in [0.1, 0.15) is 49.9 Å². The van der Waals surface area contributed by atoms with Crippen LogP contribution in [0.4, 0.5) is 0 Å². The molecule has 0 fully saturated rings. The number of aliphatic hydroxyl groups excluding tert-OH is 1.